The maximum absolute atomic E-state index is 13.6. The van der Waals surface area contributed by atoms with Gasteiger partial charge in [-0.1, -0.05) is 57.9 Å². The molecule has 0 aliphatic heterocycles. The van der Waals surface area contributed by atoms with Gasteiger partial charge in [-0.2, -0.15) is 0 Å². The van der Waals surface area contributed by atoms with Gasteiger partial charge in [0.15, 0.2) is 0 Å². The van der Waals surface area contributed by atoms with E-state index in [0.29, 0.717) is 12.8 Å². The van der Waals surface area contributed by atoms with Crippen LogP contribution in [0.2, 0.25) is 0 Å². The summed E-state index contributed by atoms with van der Waals surface area (Å²) in [5.41, 5.74) is 1.23. The zero-order chi connectivity index (χ0) is 27.2. The van der Waals surface area contributed by atoms with Crippen LogP contribution in [0.4, 0.5) is 0 Å². The number of aliphatic hydroxyl groups is 2. The van der Waals surface area contributed by atoms with E-state index in [-0.39, 0.29) is 85.2 Å². The van der Waals surface area contributed by atoms with Gasteiger partial charge in [0.05, 0.1) is 11.8 Å². The molecule has 204 valence electrons. The summed E-state index contributed by atoms with van der Waals surface area (Å²) >= 11 is 0. The monoisotopic (exact) mass is 512 g/mol. The molecule has 0 bridgehead atoms. The highest BCUT2D eigenvalue weighted by Gasteiger charge is 2.41. The molecule has 0 radical (unpaired) electrons. The summed E-state index contributed by atoms with van der Waals surface area (Å²) in [7, 11) is 0. The summed E-state index contributed by atoms with van der Waals surface area (Å²) < 4.78 is 0. The van der Waals surface area contributed by atoms with Crippen molar-refractivity contribution in [3.05, 3.63) is 35.4 Å². The molecule has 5 unspecified atom stereocenters. The Morgan fingerprint density at radius 3 is 1.76 bits per heavy atom. The Balaban J connectivity index is 1.78. The van der Waals surface area contributed by atoms with Crippen molar-refractivity contribution < 1.29 is 29.4 Å². The molecule has 1 aromatic carbocycles. The second kappa shape index (κ2) is 13.1. The van der Waals surface area contributed by atoms with Gasteiger partial charge >= 0.3 is 0 Å². The number of carbonyl (C=O) groups is 4. The number of rotatable bonds is 12. The first-order chi connectivity index (χ1) is 17.6. The SMILES string of the molecule is CC(CO)CCCC1CC(=O)CC(c2ccccc2C2CC(=O)CC(CCCC(C)(C)CO)C2=O)C1=O. The number of Topliss-reactive ketones (excluding diaryl/α,β-unsaturated/α-hetero) is 4. The van der Waals surface area contributed by atoms with E-state index < -0.39 is 11.8 Å². The van der Waals surface area contributed by atoms with Crippen LogP contribution in [-0.2, 0) is 19.2 Å². The summed E-state index contributed by atoms with van der Waals surface area (Å²) in [4.78, 5) is 52.6. The Bertz CT molecular complexity index is 980. The van der Waals surface area contributed by atoms with E-state index in [1.807, 2.05) is 45.0 Å². The number of ketones is 4. The predicted molar refractivity (Wildman–Crippen MR) is 142 cm³/mol. The van der Waals surface area contributed by atoms with Crippen LogP contribution in [0.3, 0.4) is 0 Å². The van der Waals surface area contributed by atoms with Crippen molar-refractivity contribution in [1.82, 2.24) is 0 Å². The van der Waals surface area contributed by atoms with E-state index in [2.05, 4.69) is 0 Å². The lowest BCUT2D eigenvalue weighted by Gasteiger charge is -2.33. The Hall–Kier alpha value is -2.18. The van der Waals surface area contributed by atoms with E-state index in [1.54, 1.807) is 0 Å². The average molecular weight is 513 g/mol. The lowest BCUT2D eigenvalue weighted by Crippen LogP contribution is -2.35. The smallest absolute Gasteiger partial charge is 0.144 e. The largest absolute Gasteiger partial charge is 0.396 e. The Kier molecular flexibility index (Phi) is 10.4. The predicted octanol–water partition coefficient (Wildman–Crippen LogP) is 4.94. The molecule has 0 saturated heterocycles. The van der Waals surface area contributed by atoms with Crippen LogP contribution in [0.15, 0.2) is 24.3 Å². The van der Waals surface area contributed by atoms with E-state index in [1.165, 1.54) is 0 Å². The first-order valence-electron chi connectivity index (χ1n) is 14.0. The van der Waals surface area contributed by atoms with Crippen molar-refractivity contribution in [2.75, 3.05) is 13.2 Å². The molecule has 0 amide bonds. The van der Waals surface area contributed by atoms with Crippen LogP contribution in [-0.4, -0.2) is 46.6 Å². The molecule has 2 aliphatic rings. The molecule has 6 heteroatoms. The number of benzene rings is 1. The van der Waals surface area contributed by atoms with Crippen molar-refractivity contribution in [2.24, 2.45) is 23.2 Å². The third kappa shape index (κ3) is 7.67. The minimum atomic E-state index is -0.581. The van der Waals surface area contributed by atoms with Gasteiger partial charge in [-0.3, -0.25) is 19.2 Å². The van der Waals surface area contributed by atoms with Gasteiger partial charge in [0, 0.05) is 50.7 Å². The highest BCUT2D eigenvalue weighted by atomic mass is 16.3. The van der Waals surface area contributed by atoms with Crippen LogP contribution in [0.5, 0.6) is 0 Å². The fraction of sp³-hybridized carbons (Fsp3) is 0.677. The molecule has 2 saturated carbocycles. The second-order valence-corrected chi connectivity index (χ2v) is 12.3. The Morgan fingerprint density at radius 2 is 1.30 bits per heavy atom. The molecule has 37 heavy (non-hydrogen) atoms. The van der Waals surface area contributed by atoms with Crippen LogP contribution in [0, 0.1) is 23.2 Å². The number of carbonyl (C=O) groups excluding carboxylic acids is 4. The first-order valence-corrected chi connectivity index (χ1v) is 14.0. The van der Waals surface area contributed by atoms with Crippen LogP contribution >= 0.6 is 0 Å². The summed E-state index contributed by atoms with van der Waals surface area (Å²) in [6.07, 6.45) is 5.18. The van der Waals surface area contributed by atoms with E-state index in [9.17, 15) is 29.4 Å². The fourth-order valence-electron chi connectivity index (χ4n) is 6.01. The molecule has 6 nitrogen and oxygen atoms in total. The summed E-state index contributed by atoms with van der Waals surface area (Å²) in [5, 5.41) is 18.8. The highest BCUT2D eigenvalue weighted by Crippen LogP contribution is 2.41. The van der Waals surface area contributed by atoms with Crippen molar-refractivity contribution in [1.29, 1.82) is 0 Å². The molecule has 0 aromatic heterocycles. The maximum Gasteiger partial charge on any atom is 0.144 e. The zero-order valence-electron chi connectivity index (χ0n) is 22.7. The molecule has 1 aromatic rings. The topological polar surface area (TPSA) is 109 Å². The average Bonchev–Trinajstić information content (AvgIpc) is 2.87. The first kappa shape index (κ1) is 29.4. The molecule has 2 aliphatic carbocycles. The molecule has 5 atom stereocenters. The minimum Gasteiger partial charge on any atom is -0.396 e. The van der Waals surface area contributed by atoms with Crippen LogP contribution in [0.1, 0.15) is 108 Å². The Labute approximate surface area is 221 Å². The molecule has 2 fully saturated rings. The molecule has 2 N–H and O–H groups in total. The van der Waals surface area contributed by atoms with Crippen molar-refractivity contribution in [3.8, 4) is 0 Å². The summed E-state index contributed by atoms with van der Waals surface area (Å²) in [5.74, 6) is -1.44. The van der Waals surface area contributed by atoms with Gasteiger partial charge in [0.2, 0.25) is 0 Å². The molecule has 0 spiro atoms. The maximum atomic E-state index is 13.6. The normalized spacial score (nSPS) is 26.0. The Morgan fingerprint density at radius 1 is 0.811 bits per heavy atom. The van der Waals surface area contributed by atoms with Gasteiger partial charge < -0.3 is 10.2 Å². The third-order valence-corrected chi connectivity index (χ3v) is 8.45. The van der Waals surface area contributed by atoms with Gasteiger partial charge in [-0.25, -0.2) is 0 Å². The van der Waals surface area contributed by atoms with Crippen molar-refractivity contribution in [3.63, 3.8) is 0 Å². The molecule has 0 heterocycles. The standard InChI is InChI=1S/C31H44O6/c1-20(18-32)8-6-9-21-14-23(34)16-27(29(21)36)25-11-4-5-12-26(25)28-17-24(35)15-22(30(28)37)10-7-13-31(2,3)19-33/h4-5,11-12,20-22,27-28,32-33H,6-10,13-19H2,1-3H3. The fourth-order valence-corrected chi connectivity index (χ4v) is 6.01. The molecular weight excluding hydrogens is 468 g/mol. The summed E-state index contributed by atoms with van der Waals surface area (Å²) in [6, 6.07) is 7.39. The van der Waals surface area contributed by atoms with Gasteiger partial charge in [0.25, 0.3) is 0 Å². The zero-order valence-corrected chi connectivity index (χ0v) is 22.7. The number of hydrogen-bond donors (Lipinski definition) is 2. The minimum absolute atomic E-state index is 0.0537. The van der Waals surface area contributed by atoms with Crippen molar-refractivity contribution >= 4 is 23.1 Å². The van der Waals surface area contributed by atoms with Gasteiger partial charge in [0.1, 0.15) is 23.1 Å². The molecular formula is C31H44O6. The summed E-state index contributed by atoms with van der Waals surface area (Å²) in [6.45, 7) is 6.14. The van der Waals surface area contributed by atoms with Crippen LogP contribution < -0.4 is 0 Å². The van der Waals surface area contributed by atoms with Crippen molar-refractivity contribution in [2.45, 2.75) is 96.8 Å². The third-order valence-electron chi connectivity index (χ3n) is 8.45. The van der Waals surface area contributed by atoms with Gasteiger partial charge in [-0.15, -0.1) is 0 Å². The number of aliphatic hydroxyl groups excluding tert-OH is 2. The number of hydrogen-bond acceptors (Lipinski definition) is 6. The van der Waals surface area contributed by atoms with Gasteiger partial charge in [-0.05, 0) is 48.1 Å². The quantitative estimate of drug-likeness (QED) is 0.411. The van der Waals surface area contributed by atoms with E-state index >= 15 is 0 Å². The van der Waals surface area contributed by atoms with E-state index in [4.69, 9.17) is 0 Å². The van der Waals surface area contributed by atoms with E-state index in [0.717, 1.165) is 36.8 Å². The van der Waals surface area contributed by atoms with Crippen LogP contribution in [0.25, 0.3) is 0 Å². The molecule has 3 rings (SSSR count). The second-order valence-electron chi connectivity index (χ2n) is 12.3. The highest BCUT2D eigenvalue weighted by molar-refractivity contribution is 6.02. The lowest BCUT2D eigenvalue weighted by molar-refractivity contribution is -0.135. The lowest BCUT2D eigenvalue weighted by atomic mass is 9.69.